The maximum absolute atomic E-state index is 12.7. The van der Waals surface area contributed by atoms with Crippen molar-refractivity contribution in [3.05, 3.63) is 53.7 Å². The Labute approximate surface area is 164 Å². The Bertz CT molecular complexity index is 991. The van der Waals surface area contributed by atoms with Crippen molar-refractivity contribution < 1.29 is 4.79 Å². The molecule has 0 spiro atoms. The second-order valence-electron chi connectivity index (χ2n) is 7.29. The quantitative estimate of drug-likeness (QED) is 0.753. The summed E-state index contributed by atoms with van der Waals surface area (Å²) in [6.45, 7) is 6.03. The lowest BCUT2D eigenvalue weighted by Gasteiger charge is -2.33. The topological polar surface area (TPSA) is 83.9 Å². The summed E-state index contributed by atoms with van der Waals surface area (Å²) >= 11 is 0. The van der Waals surface area contributed by atoms with Crippen molar-refractivity contribution >= 4 is 22.8 Å². The largest absolute Gasteiger partial charge is 0.369 e. The molecule has 0 radical (unpaired) electrons. The monoisotopic (exact) mass is 376 g/mol. The number of nitrogens with zero attached hydrogens (tertiary/aromatic N) is 5. The van der Waals surface area contributed by atoms with E-state index < -0.39 is 0 Å². The van der Waals surface area contributed by atoms with Crippen LogP contribution in [0.1, 0.15) is 29.8 Å². The summed E-state index contributed by atoms with van der Waals surface area (Å²) in [7, 11) is 0. The predicted molar refractivity (Wildman–Crippen MR) is 108 cm³/mol. The number of hydrogen-bond acceptors (Lipinski definition) is 6. The van der Waals surface area contributed by atoms with E-state index in [0.717, 1.165) is 47.5 Å². The molecule has 7 nitrogen and oxygen atoms in total. The molecule has 0 saturated carbocycles. The Morgan fingerprint density at radius 3 is 2.82 bits per heavy atom. The third-order valence-electron chi connectivity index (χ3n) is 5.29. The standard InChI is InChI=1S/C21H24N6O/c1-14-15(2)26-20-19(25-14)10-18(12-23-20)27-9-3-4-17(13-27)21(28)24-11-16-5-7-22-8-6-16/h5-8,10,12,17H,3-4,9,11,13H2,1-2H3,(H,24,28)/t17-/m1/s1. The van der Waals surface area contributed by atoms with Gasteiger partial charge in [-0.05, 0) is 50.5 Å². The van der Waals surface area contributed by atoms with E-state index in [9.17, 15) is 4.79 Å². The third kappa shape index (κ3) is 3.93. The number of carbonyl (C=O) groups is 1. The number of hydrogen-bond donors (Lipinski definition) is 1. The smallest absolute Gasteiger partial charge is 0.225 e. The van der Waals surface area contributed by atoms with Crippen LogP contribution in [0.5, 0.6) is 0 Å². The zero-order valence-electron chi connectivity index (χ0n) is 16.2. The Balaban J connectivity index is 1.45. The van der Waals surface area contributed by atoms with Crippen molar-refractivity contribution in [2.45, 2.75) is 33.2 Å². The van der Waals surface area contributed by atoms with Gasteiger partial charge in [-0.15, -0.1) is 0 Å². The van der Waals surface area contributed by atoms with E-state index in [0.29, 0.717) is 18.7 Å². The number of anilines is 1. The number of aromatic nitrogens is 4. The van der Waals surface area contributed by atoms with E-state index in [-0.39, 0.29) is 11.8 Å². The van der Waals surface area contributed by atoms with Crippen LogP contribution in [-0.4, -0.2) is 38.9 Å². The lowest BCUT2D eigenvalue weighted by Crippen LogP contribution is -2.43. The van der Waals surface area contributed by atoms with Crippen LogP contribution in [0.15, 0.2) is 36.8 Å². The van der Waals surface area contributed by atoms with E-state index in [2.05, 4.69) is 30.2 Å². The lowest BCUT2D eigenvalue weighted by atomic mass is 9.96. The molecular weight excluding hydrogens is 352 g/mol. The first kappa shape index (κ1) is 18.3. The highest BCUT2D eigenvalue weighted by Crippen LogP contribution is 2.25. The van der Waals surface area contributed by atoms with Gasteiger partial charge in [0.15, 0.2) is 5.65 Å². The first-order chi connectivity index (χ1) is 13.6. The Morgan fingerprint density at radius 2 is 2.00 bits per heavy atom. The first-order valence-corrected chi connectivity index (χ1v) is 9.63. The van der Waals surface area contributed by atoms with Gasteiger partial charge in [0, 0.05) is 32.0 Å². The number of nitrogens with one attached hydrogen (secondary N) is 1. The number of fused-ring (bicyclic) bond motifs is 1. The van der Waals surface area contributed by atoms with E-state index in [4.69, 9.17) is 0 Å². The third-order valence-corrected chi connectivity index (χ3v) is 5.29. The molecule has 3 aromatic heterocycles. The van der Waals surface area contributed by atoms with Gasteiger partial charge in [-0.3, -0.25) is 9.78 Å². The summed E-state index contributed by atoms with van der Waals surface area (Å²) in [5, 5.41) is 3.05. The number of carbonyl (C=O) groups excluding carboxylic acids is 1. The molecule has 1 aliphatic rings. The average Bonchev–Trinajstić information content (AvgIpc) is 2.73. The molecule has 28 heavy (non-hydrogen) atoms. The van der Waals surface area contributed by atoms with Crippen LogP contribution in [0.3, 0.4) is 0 Å². The molecule has 1 fully saturated rings. The summed E-state index contributed by atoms with van der Waals surface area (Å²) in [4.78, 5) is 32.5. The number of rotatable bonds is 4. The van der Waals surface area contributed by atoms with Crippen molar-refractivity contribution in [3.63, 3.8) is 0 Å². The summed E-state index contributed by atoms with van der Waals surface area (Å²) in [6, 6.07) is 5.86. The fraction of sp³-hybridized carbons (Fsp3) is 0.381. The lowest BCUT2D eigenvalue weighted by molar-refractivity contribution is -0.125. The molecule has 1 aliphatic heterocycles. The van der Waals surface area contributed by atoms with Gasteiger partial charge in [0.25, 0.3) is 0 Å². The van der Waals surface area contributed by atoms with Gasteiger partial charge < -0.3 is 10.2 Å². The van der Waals surface area contributed by atoms with Gasteiger partial charge in [-0.1, -0.05) is 0 Å². The molecule has 0 aliphatic carbocycles. The fourth-order valence-corrected chi connectivity index (χ4v) is 3.54. The predicted octanol–water partition coefficient (Wildman–Crippen LogP) is 2.57. The van der Waals surface area contributed by atoms with Crippen LogP contribution in [0.25, 0.3) is 11.2 Å². The molecule has 4 rings (SSSR count). The minimum absolute atomic E-state index is 0.0304. The van der Waals surface area contributed by atoms with Crippen LogP contribution in [0.4, 0.5) is 5.69 Å². The average molecular weight is 376 g/mol. The van der Waals surface area contributed by atoms with E-state index >= 15 is 0 Å². The summed E-state index contributed by atoms with van der Waals surface area (Å²) < 4.78 is 0. The second kappa shape index (κ2) is 7.88. The molecule has 7 heteroatoms. The maximum atomic E-state index is 12.7. The number of amides is 1. The molecule has 0 aromatic carbocycles. The molecular formula is C21H24N6O. The van der Waals surface area contributed by atoms with Crippen molar-refractivity contribution in [1.29, 1.82) is 0 Å². The minimum Gasteiger partial charge on any atom is -0.369 e. The highest BCUT2D eigenvalue weighted by Gasteiger charge is 2.26. The molecule has 0 bridgehead atoms. The molecule has 1 amide bonds. The second-order valence-corrected chi connectivity index (χ2v) is 7.29. The molecule has 3 aromatic rings. The van der Waals surface area contributed by atoms with Crippen molar-refractivity contribution in [3.8, 4) is 0 Å². The number of pyridine rings is 2. The summed E-state index contributed by atoms with van der Waals surface area (Å²) in [5.41, 5.74) is 5.33. The van der Waals surface area contributed by atoms with Gasteiger partial charge in [0.2, 0.25) is 5.91 Å². The summed E-state index contributed by atoms with van der Waals surface area (Å²) in [5.74, 6) is 0.0682. The van der Waals surface area contributed by atoms with Gasteiger partial charge in [-0.2, -0.15) is 0 Å². The van der Waals surface area contributed by atoms with Gasteiger partial charge in [0.1, 0.15) is 5.52 Å². The van der Waals surface area contributed by atoms with E-state index in [1.54, 1.807) is 12.4 Å². The first-order valence-electron chi connectivity index (χ1n) is 9.63. The fourth-order valence-electron chi connectivity index (χ4n) is 3.54. The SMILES string of the molecule is Cc1nc2cc(N3CCC[C@@H](C(=O)NCc4ccncc4)C3)cnc2nc1C. The highest BCUT2D eigenvalue weighted by atomic mass is 16.1. The maximum Gasteiger partial charge on any atom is 0.225 e. The number of aryl methyl sites for hydroxylation is 2. The Hall–Kier alpha value is -3.09. The molecule has 1 N–H and O–H groups in total. The Kier molecular flexibility index (Phi) is 5.14. The molecule has 144 valence electrons. The van der Waals surface area contributed by atoms with Crippen molar-refractivity contribution in [1.82, 2.24) is 25.3 Å². The Morgan fingerprint density at radius 1 is 1.21 bits per heavy atom. The molecule has 4 heterocycles. The van der Waals surface area contributed by atoms with Crippen LogP contribution in [0, 0.1) is 19.8 Å². The molecule has 1 saturated heterocycles. The van der Waals surface area contributed by atoms with E-state index in [1.807, 2.05) is 38.2 Å². The van der Waals surface area contributed by atoms with Crippen molar-refractivity contribution in [2.75, 3.05) is 18.0 Å². The molecule has 1 atom stereocenters. The number of piperidine rings is 1. The minimum atomic E-state index is -0.0304. The van der Waals surface area contributed by atoms with Crippen LogP contribution in [-0.2, 0) is 11.3 Å². The van der Waals surface area contributed by atoms with Crippen LogP contribution in [0.2, 0.25) is 0 Å². The van der Waals surface area contributed by atoms with Gasteiger partial charge >= 0.3 is 0 Å². The summed E-state index contributed by atoms with van der Waals surface area (Å²) in [6.07, 6.45) is 7.19. The van der Waals surface area contributed by atoms with E-state index in [1.165, 1.54) is 0 Å². The zero-order valence-corrected chi connectivity index (χ0v) is 16.2. The molecule has 0 unspecified atom stereocenters. The van der Waals surface area contributed by atoms with Gasteiger partial charge in [0.05, 0.1) is 29.2 Å². The van der Waals surface area contributed by atoms with Crippen LogP contribution >= 0.6 is 0 Å². The zero-order chi connectivity index (χ0) is 19.5. The van der Waals surface area contributed by atoms with Crippen LogP contribution < -0.4 is 10.2 Å². The van der Waals surface area contributed by atoms with Crippen molar-refractivity contribution in [2.24, 2.45) is 5.92 Å². The van der Waals surface area contributed by atoms with Gasteiger partial charge in [-0.25, -0.2) is 15.0 Å². The highest BCUT2D eigenvalue weighted by molar-refractivity contribution is 5.80. The normalized spacial score (nSPS) is 16.9.